The molecule has 3 aromatic rings. The highest BCUT2D eigenvalue weighted by molar-refractivity contribution is 7.14. The third kappa shape index (κ3) is 2.41. The lowest BCUT2D eigenvalue weighted by atomic mass is 10.2. The van der Waals surface area contributed by atoms with Crippen LogP contribution in [0.1, 0.15) is 5.01 Å². The number of nitrogens with zero attached hydrogens (tertiary/aromatic N) is 3. The molecular weight excluding hydrogens is 262 g/mol. The smallest absolute Gasteiger partial charge is 0.269 e. The first-order valence-electron chi connectivity index (χ1n) is 5.65. The molecule has 1 aromatic carbocycles. The molecule has 19 heavy (non-hydrogen) atoms. The standard InChI is InChI=1S/C12H11N5OS/c13-9-6-11(18)17(16-9)7-10-14-15-12(19-10)8-4-2-1-3-5-8/h1-6,16H,7,13H2. The number of hydrogen-bond donors (Lipinski definition) is 2. The normalized spacial score (nSPS) is 10.7. The number of nitrogens with two attached hydrogens (primary N) is 1. The molecule has 0 fully saturated rings. The molecule has 0 amide bonds. The number of benzene rings is 1. The molecule has 0 aliphatic heterocycles. The van der Waals surface area contributed by atoms with Crippen LogP contribution in [0.5, 0.6) is 0 Å². The second-order valence-electron chi connectivity index (χ2n) is 4.00. The number of H-pyrrole nitrogens is 1. The fourth-order valence-corrected chi connectivity index (χ4v) is 2.56. The van der Waals surface area contributed by atoms with E-state index in [9.17, 15) is 4.79 Å². The summed E-state index contributed by atoms with van der Waals surface area (Å²) in [6.07, 6.45) is 0. The fourth-order valence-electron chi connectivity index (χ4n) is 1.72. The Bertz CT molecular complexity index is 743. The lowest BCUT2D eigenvalue weighted by molar-refractivity contribution is 0.658. The highest BCUT2D eigenvalue weighted by atomic mass is 32.1. The van der Waals surface area contributed by atoms with Gasteiger partial charge in [-0.25, -0.2) is 4.68 Å². The molecule has 0 saturated heterocycles. The van der Waals surface area contributed by atoms with Crippen LogP contribution in [0, 0.1) is 0 Å². The van der Waals surface area contributed by atoms with E-state index in [0.29, 0.717) is 12.4 Å². The van der Waals surface area contributed by atoms with Crippen molar-refractivity contribution in [2.75, 3.05) is 5.73 Å². The lowest BCUT2D eigenvalue weighted by Gasteiger charge is -1.96. The van der Waals surface area contributed by atoms with E-state index in [2.05, 4.69) is 15.3 Å². The first-order valence-corrected chi connectivity index (χ1v) is 6.47. The molecule has 3 rings (SSSR count). The topological polar surface area (TPSA) is 89.6 Å². The van der Waals surface area contributed by atoms with Crippen LogP contribution in [-0.2, 0) is 6.54 Å². The van der Waals surface area contributed by atoms with Crippen molar-refractivity contribution in [3.05, 3.63) is 51.8 Å². The van der Waals surface area contributed by atoms with Gasteiger partial charge in [0, 0.05) is 11.6 Å². The summed E-state index contributed by atoms with van der Waals surface area (Å²) in [6, 6.07) is 11.1. The Hall–Kier alpha value is -2.41. The Morgan fingerprint density at radius 2 is 2.05 bits per heavy atom. The number of nitrogens with one attached hydrogen (secondary N) is 1. The summed E-state index contributed by atoms with van der Waals surface area (Å²) in [7, 11) is 0. The Kier molecular flexibility index (Phi) is 2.88. The zero-order chi connectivity index (χ0) is 13.2. The Morgan fingerprint density at radius 3 is 2.74 bits per heavy atom. The van der Waals surface area contributed by atoms with E-state index in [1.54, 1.807) is 0 Å². The molecular formula is C12H11N5OS. The van der Waals surface area contributed by atoms with Gasteiger partial charge < -0.3 is 5.73 Å². The zero-order valence-electron chi connectivity index (χ0n) is 9.91. The van der Waals surface area contributed by atoms with Crippen molar-refractivity contribution < 1.29 is 0 Å². The molecule has 0 atom stereocenters. The third-order valence-corrected chi connectivity index (χ3v) is 3.55. The van der Waals surface area contributed by atoms with Crippen LogP contribution < -0.4 is 11.3 Å². The largest absolute Gasteiger partial charge is 0.384 e. The molecule has 0 aliphatic carbocycles. The van der Waals surface area contributed by atoms with E-state index in [-0.39, 0.29) is 5.56 Å². The average molecular weight is 273 g/mol. The SMILES string of the molecule is Nc1cc(=O)n(Cc2nnc(-c3ccccc3)s2)[nH]1. The van der Waals surface area contributed by atoms with E-state index in [4.69, 9.17) is 5.73 Å². The van der Waals surface area contributed by atoms with Crippen LogP contribution in [0.15, 0.2) is 41.2 Å². The van der Waals surface area contributed by atoms with Crippen molar-refractivity contribution >= 4 is 17.2 Å². The molecule has 3 N–H and O–H groups in total. The van der Waals surface area contributed by atoms with Crippen molar-refractivity contribution in [3.63, 3.8) is 0 Å². The number of aromatic nitrogens is 4. The maximum atomic E-state index is 11.5. The number of rotatable bonds is 3. The summed E-state index contributed by atoms with van der Waals surface area (Å²) in [5, 5.41) is 12.6. The molecule has 0 spiro atoms. The molecule has 0 aliphatic rings. The van der Waals surface area contributed by atoms with Crippen molar-refractivity contribution in [1.82, 2.24) is 20.0 Å². The molecule has 96 valence electrons. The maximum absolute atomic E-state index is 11.5. The van der Waals surface area contributed by atoms with Gasteiger partial charge in [-0.1, -0.05) is 41.7 Å². The van der Waals surface area contributed by atoms with E-state index in [0.717, 1.165) is 15.6 Å². The molecule has 0 bridgehead atoms. The van der Waals surface area contributed by atoms with Crippen LogP contribution in [0.4, 0.5) is 5.82 Å². The summed E-state index contributed by atoms with van der Waals surface area (Å²) in [6.45, 7) is 0.348. The quantitative estimate of drug-likeness (QED) is 0.753. The third-order valence-electron chi connectivity index (χ3n) is 2.59. The first kappa shape index (κ1) is 11.7. The maximum Gasteiger partial charge on any atom is 0.269 e. The molecule has 6 nitrogen and oxygen atoms in total. The van der Waals surface area contributed by atoms with E-state index in [1.165, 1.54) is 22.1 Å². The lowest BCUT2D eigenvalue weighted by Crippen LogP contribution is -2.16. The molecule has 0 radical (unpaired) electrons. The van der Waals surface area contributed by atoms with Crippen molar-refractivity contribution in [2.45, 2.75) is 6.54 Å². The van der Waals surface area contributed by atoms with E-state index in [1.807, 2.05) is 30.3 Å². The molecule has 0 saturated carbocycles. The number of nitrogen functional groups attached to an aromatic ring is 1. The number of aromatic amines is 1. The summed E-state index contributed by atoms with van der Waals surface area (Å²) in [5.74, 6) is 0.345. The highest BCUT2D eigenvalue weighted by Gasteiger charge is 2.08. The van der Waals surface area contributed by atoms with Gasteiger partial charge in [-0.15, -0.1) is 10.2 Å². The van der Waals surface area contributed by atoms with E-state index < -0.39 is 0 Å². The Labute approximate surface area is 112 Å². The van der Waals surface area contributed by atoms with E-state index >= 15 is 0 Å². The summed E-state index contributed by atoms with van der Waals surface area (Å²) >= 11 is 1.46. The predicted octanol–water partition coefficient (Wildman–Crippen LogP) is 1.33. The minimum atomic E-state index is -0.172. The van der Waals surface area contributed by atoms with Crippen LogP contribution in [0.2, 0.25) is 0 Å². The molecule has 2 aromatic heterocycles. The zero-order valence-corrected chi connectivity index (χ0v) is 10.7. The van der Waals surface area contributed by atoms with Gasteiger partial charge in [-0.2, -0.15) is 0 Å². The molecule has 0 unspecified atom stereocenters. The van der Waals surface area contributed by atoms with Crippen LogP contribution in [0.25, 0.3) is 10.6 Å². The second kappa shape index (κ2) is 4.69. The van der Waals surface area contributed by atoms with Gasteiger partial charge in [0.25, 0.3) is 5.56 Å². The molecule has 2 heterocycles. The highest BCUT2D eigenvalue weighted by Crippen LogP contribution is 2.23. The van der Waals surface area contributed by atoms with Gasteiger partial charge in [0.1, 0.15) is 15.8 Å². The first-order chi connectivity index (χ1) is 9.22. The summed E-state index contributed by atoms with van der Waals surface area (Å²) in [5.41, 5.74) is 6.37. The van der Waals surface area contributed by atoms with Gasteiger partial charge in [0.2, 0.25) is 0 Å². The molecule has 7 heteroatoms. The average Bonchev–Trinajstić information content (AvgIpc) is 2.99. The predicted molar refractivity (Wildman–Crippen MR) is 73.9 cm³/mol. The van der Waals surface area contributed by atoms with Gasteiger partial charge in [0.15, 0.2) is 0 Å². The Morgan fingerprint density at radius 1 is 1.26 bits per heavy atom. The van der Waals surface area contributed by atoms with Crippen molar-refractivity contribution in [3.8, 4) is 10.6 Å². The van der Waals surface area contributed by atoms with Gasteiger partial charge in [-0.3, -0.25) is 9.89 Å². The minimum Gasteiger partial charge on any atom is -0.384 e. The fraction of sp³-hybridized carbons (Fsp3) is 0.0833. The van der Waals surface area contributed by atoms with Crippen LogP contribution >= 0.6 is 11.3 Å². The number of anilines is 1. The van der Waals surface area contributed by atoms with Crippen molar-refractivity contribution in [1.29, 1.82) is 0 Å². The van der Waals surface area contributed by atoms with Gasteiger partial charge in [0.05, 0.1) is 6.54 Å². The summed E-state index contributed by atoms with van der Waals surface area (Å²) < 4.78 is 1.41. The minimum absolute atomic E-state index is 0.172. The van der Waals surface area contributed by atoms with Crippen LogP contribution in [-0.4, -0.2) is 20.0 Å². The Balaban J connectivity index is 1.86. The van der Waals surface area contributed by atoms with Crippen molar-refractivity contribution in [2.24, 2.45) is 0 Å². The van der Waals surface area contributed by atoms with Crippen LogP contribution in [0.3, 0.4) is 0 Å². The second-order valence-corrected chi connectivity index (χ2v) is 5.06. The summed E-state index contributed by atoms with van der Waals surface area (Å²) in [4.78, 5) is 11.5. The monoisotopic (exact) mass is 273 g/mol. The van der Waals surface area contributed by atoms with Gasteiger partial charge >= 0.3 is 0 Å². The van der Waals surface area contributed by atoms with Gasteiger partial charge in [-0.05, 0) is 0 Å². The number of hydrogen-bond acceptors (Lipinski definition) is 5.